The van der Waals surface area contributed by atoms with Gasteiger partial charge in [-0.05, 0) is 31.0 Å². The number of carbonyl (C=O) groups excluding carboxylic acids is 1. The number of hydrogen-bond acceptors (Lipinski definition) is 2. The van der Waals surface area contributed by atoms with E-state index in [4.69, 9.17) is 23.2 Å². The predicted octanol–water partition coefficient (Wildman–Crippen LogP) is 3.09. The molecule has 0 aliphatic carbocycles. The Morgan fingerprint density at radius 3 is 2.89 bits per heavy atom. The molecule has 104 valence electrons. The molecule has 1 aromatic carbocycles. The van der Waals surface area contributed by atoms with Crippen LogP contribution in [0.3, 0.4) is 0 Å². The molecule has 1 amide bonds. The van der Waals surface area contributed by atoms with Gasteiger partial charge in [0, 0.05) is 13.6 Å². The lowest BCUT2D eigenvalue weighted by Crippen LogP contribution is -2.47. The predicted molar refractivity (Wildman–Crippen MR) is 78.6 cm³/mol. The second-order valence-corrected chi connectivity index (χ2v) is 5.69. The van der Waals surface area contributed by atoms with Crippen LogP contribution in [0.25, 0.3) is 0 Å². The Bertz CT molecular complexity index is 459. The van der Waals surface area contributed by atoms with Gasteiger partial charge < -0.3 is 10.2 Å². The lowest BCUT2D eigenvalue weighted by Gasteiger charge is -2.27. The molecule has 2 rings (SSSR count). The molecule has 1 saturated heterocycles. The van der Waals surface area contributed by atoms with Crippen LogP contribution in [0, 0.1) is 0 Å². The van der Waals surface area contributed by atoms with Gasteiger partial charge in [0.2, 0.25) is 5.91 Å². The molecule has 3 nitrogen and oxygen atoms in total. The maximum absolute atomic E-state index is 12.3. The fourth-order valence-corrected chi connectivity index (χ4v) is 2.71. The Morgan fingerprint density at radius 2 is 2.21 bits per heavy atom. The highest BCUT2D eigenvalue weighted by Crippen LogP contribution is 2.26. The van der Waals surface area contributed by atoms with E-state index in [1.165, 1.54) is 0 Å². The minimum atomic E-state index is -0.0586. The maximum atomic E-state index is 12.3. The Labute approximate surface area is 123 Å². The van der Waals surface area contributed by atoms with E-state index in [0.29, 0.717) is 16.6 Å². The largest absolute Gasteiger partial charge is 0.340 e. The summed E-state index contributed by atoms with van der Waals surface area (Å²) in [6.07, 6.45) is 3.16. The fourth-order valence-electron chi connectivity index (χ4n) is 2.33. The molecule has 0 unspecified atom stereocenters. The molecule has 19 heavy (non-hydrogen) atoms. The summed E-state index contributed by atoms with van der Waals surface area (Å²) in [7, 11) is 1.80. The van der Waals surface area contributed by atoms with Crippen LogP contribution in [-0.2, 0) is 11.3 Å². The van der Waals surface area contributed by atoms with Gasteiger partial charge in [0.25, 0.3) is 0 Å². The summed E-state index contributed by atoms with van der Waals surface area (Å²) in [5, 5.41) is 4.31. The summed E-state index contributed by atoms with van der Waals surface area (Å²) >= 11 is 12.1. The smallest absolute Gasteiger partial charge is 0.239 e. The van der Waals surface area contributed by atoms with Crippen molar-refractivity contribution < 1.29 is 4.79 Å². The molecule has 0 bridgehead atoms. The van der Waals surface area contributed by atoms with Crippen molar-refractivity contribution in [3.8, 4) is 0 Å². The van der Waals surface area contributed by atoms with Crippen molar-refractivity contribution in [3.05, 3.63) is 33.8 Å². The quantitative estimate of drug-likeness (QED) is 0.930. The van der Waals surface area contributed by atoms with Crippen LogP contribution < -0.4 is 5.32 Å². The third-order valence-corrected chi connectivity index (χ3v) is 4.28. The molecule has 1 heterocycles. The van der Waals surface area contributed by atoms with Crippen molar-refractivity contribution in [2.45, 2.75) is 31.8 Å². The molecule has 1 fully saturated rings. The highest BCUT2D eigenvalue weighted by molar-refractivity contribution is 6.42. The number of nitrogens with one attached hydrogen (secondary N) is 1. The van der Waals surface area contributed by atoms with E-state index < -0.39 is 0 Å². The van der Waals surface area contributed by atoms with E-state index in [1.807, 2.05) is 12.1 Å². The van der Waals surface area contributed by atoms with Gasteiger partial charge >= 0.3 is 0 Å². The van der Waals surface area contributed by atoms with Gasteiger partial charge in [-0.25, -0.2) is 0 Å². The van der Waals surface area contributed by atoms with Crippen LogP contribution in [0.2, 0.25) is 10.0 Å². The fraction of sp³-hybridized carbons (Fsp3) is 0.500. The van der Waals surface area contributed by atoms with Crippen LogP contribution in [-0.4, -0.2) is 30.4 Å². The standard InChI is InChI=1S/C14H18Cl2N2O/c1-18(14(19)12-7-2-3-8-17-12)9-10-5-4-6-11(15)13(10)16/h4-6,12,17H,2-3,7-9H2,1H3/t12-/m1/s1. The lowest BCUT2D eigenvalue weighted by molar-refractivity contribution is -0.133. The van der Waals surface area contributed by atoms with Gasteiger partial charge in [0.05, 0.1) is 16.1 Å². The average Bonchev–Trinajstić information content (AvgIpc) is 2.44. The van der Waals surface area contributed by atoms with E-state index >= 15 is 0 Å². The van der Waals surface area contributed by atoms with E-state index in [-0.39, 0.29) is 11.9 Å². The van der Waals surface area contributed by atoms with Crippen LogP contribution >= 0.6 is 23.2 Å². The Hall–Kier alpha value is -0.770. The van der Waals surface area contributed by atoms with E-state index in [9.17, 15) is 4.79 Å². The lowest BCUT2D eigenvalue weighted by atomic mass is 10.0. The number of likely N-dealkylation sites (N-methyl/N-ethyl adjacent to an activating group) is 1. The number of carbonyl (C=O) groups is 1. The summed E-state index contributed by atoms with van der Waals surface area (Å²) in [6, 6.07) is 5.43. The molecule has 0 spiro atoms. The van der Waals surface area contributed by atoms with Crippen LogP contribution in [0.5, 0.6) is 0 Å². The van der Waals surface area contributed by atoms with Gasteiger partial charge in [-0.3, -0.25) is 4.79 Å². The number of halogens is 2. The minimum absolute atomic E-state index is 0.0586. The first-order valence-corrected chi connectivity index (χ1v) is 7.26. The Kier molecular flexibility index (Phi) is 5.08. The monoisotopic (exact) mass is 300 g/mol. The molecule has 1 aliphatic rings. The minimum Gasteiger partial charge on any atom is -0.340 e. The maximum Gasteiger partial charge on any atom is 0.239 e. The Balaban J connectivity index is 2.01. The van der Waals surface area contributed by atoms with Gasteiger partial charge in [-0.2, -0.15) is 0 Å². The first kappa shape index (κ1) is 14.6. The summed E-state index contributed by atoms with van der Waals surface area (Å²) < 4.78 is 0. The average molecular weight is 301 g/mol. The molecule has 1 atom stereocenters. The molecular formula is C14H18Cl2N2O. The SMILES string of the molecule is CN(Cc1cccc(Cl)c1Cl)C(=O)[C@H]1CCCCN1. The zero-order valence-corrected chi connectivity index (χ0v) is 12.5. The molecule has 1 N–H and O–H groups in total. The van der Waals surface area contributed by atoms with Crippen molar-refractivity contribution >= 4 is 29.1 Å². The molecule has 1 aliphatic heterocycles. The number of nitrogens with zero attached hydrogens (tertiary/aromatic N) is 1. The summed E-state index contributed by atoms with van der Waals surface area (Å²) in [5.74, 6) is 0.121. The summed E-state index contributed by atoms with van der Waals surface area (Å²) in [6.45, 7) is 1.40. The third-order valence-electron chi connectivity index (χ3n) is 3.42. The van der Waals surface area contributed by atoms with E-state index in [1.54, 1.807) is 18.0 Å². The first-order chi connectivity index (χ1) is 9.09. The normalized spacial score (nSPS) is 19.2. The molecule has 1 aromatic rings. The number of piperidine rings is 1. The number of amides is 1. The summed E-state index contributed by atoms with van der Waals surface area (Å²) in [4.78, 5) is 14.0. The van der Waals surface area contributed by atoms with Crippen molar-refractivity contribution in [1.29, 1.82) is 0 Å². The molecule has 5 heteroatoms. The second kappa shape index (κ2) is 6.60. The van der Waals surface area contributed by atoms with Gasteiger partial charge in [0.1, 0.15) is 0 Å². The topological polar surface area (TPSA) is 32.3 Å². The van der Waals surface area contributed by atoms with Crippen LogP contribution in [0.4, 0.5) is 0 Å². The first-order valence-electron chi connectivity index (χ1n) is 6.51. The van der Waals surface area contributed by atoms with Gasteiger partial charge in [0.15, 0.2) is 0 Å². The van der Waals surface area contributed by atoms with Crippen molar-refractivity contribution in [3.63, 3.8) is 0 Å². The molecule has 0 aromatic heterocycles. The van der Waals surface area contributed by atoms with Gasteiger partial charge in [-0.1, -0.05) is 41.8 Å². The van der Waals surface area contributed by atoms with Crippen molar-refractivity contribution in [2.75, 3.05) is 13.6 Å². The second-order valence-electron chi connectivity index (χ2n) is 4.91. The number of benzene rings is 1. The zero-order chi connectivity index (χ0) is 13.8. The third kappa shape index (κ3) is 3.62. The van der Waals surface area contributed by atoms with Gasteiger partial charge in [-0.15, -0.1) is 0 Å². The van der Waals surface area contributed by atoms with E-state index in [0.717, 1.165) is 31.4 Å². The number of rotatable bonds is 3. The van der Waals surface area contributed by atoms with Crippen LogP contribution in [0.15, 0.2) is 18.2 Å². The number of hydrogen-bond donors (Lipinski definition) is 1. The molecule has 0 radical (unpaired) electrons. The summed E-state index contributed by atoms with van der Waals surface area (Å²) in [5.41, 5.74) is 0.876. The van der Waals surface area contributed by atoms with Crippen molar-refractivity contribution in [1.82, 2.24) is 10.2 Å². The van der Waals surface area contributed by atoms with E-state index in [2.05, 4.69) is 5.32 Å². The van der Waals surface area contributed by atoms with Crippen molar-refractivity contribution in [2.24, 2.45) is 0 Å². The van der Waals surface area contributed by atoms with Crippen LogP contribution in [0.1, 0.15) is 24.8 Å². The Morgan fingerprint density at radius 1 is 1.42 bits per heavy atom. The molecular weight excluding hydrogens is 283 g/mol. The highest BCUT2D eigenvalue weighted by atomic mass is 35.5. The molecule has 0 saturated carbocycles. The highest BCUT2D eigenvalue weighted by Gasteiger charge is 2.24. The zero-order valence-electron chi connectivity index (χ0n) is 11.0.